The first-order valence-corrected chi connectivity index (χ1v) is 8.90. The normalized spacial score (nSPS) is 17.8. The Morgan fingerprint density at radius 1 is 1.12 bits per heavy atom. The van der Waals surface area contributed by atoms with Crippen LogP contribution in [0, 0.1) is 0 Å². The number of ether oxygens (including phenoxy) is 1. The van der Waals surface area contributed by atoms with Crippen molar-refractivity contribution >= 4 is 17.5 Å². The van der Waals surface area contributed by atoms with Crippen molar-refractivity contribution in [3.8, 4) is 0 Å². The van der Waals surface area contributed by atoms with Gasteiger partial charge in [0.05, 0.1) is 0 Å². The molecule has 132 valence electrons. The lowest BCUT2D eigenvalue weighted by atomic mass is 9.74. The van der Waals surface area contributed by atoms with Gasteiger partial charge in [0.1, 0.15) is 6.04 Å². The fourth-order valence-electron chi connectivity index (χ4n) is 3.46. The number of primary amides is 1. The SMILES string of the molecule is NC(=O)C(NCC1(c2ccc(Cl)cc2)CCOCC1)c1ccccc1. The summed E-state index contributed by atoms with van der Waals surface area (Å²) in [5, 5.41) is 4.12. The van der Waals surface area contributed by atoms with Crippen LogP contribution in [0.3, 0.4) is 0 Å². The number of benzene rings is 2. The van der Waals surface area contributed by atoms with Crippen molar-refractivity contribution < 1.29 is 9.53 Å². The molecule has 1 fully saturated rings. The second-order valence-corrected chi connectivity index (χ2v) is 6.96. The second kappa shape index (κ2) is 8.00. The first kappa shape index (κ1) is 17.9. The molecule has 0 spiro atoms. The molecular formula is C20H23ClN2O2. The maximum atomic E-state index is 12.0. The summed E-state index contributed by atoms with van der Waals surface area (Å²) in [6.45, 7) is 2.06. The minimum atomic E-state index is -0.506. The standard InChI is InChI=1S/C20H23ClN2O2/c21-17-8-6-16(7-9-17)20(10-12-25-13-11-20)14-23-18(19(22)24)15-4-2-1-3-5-15/h1-9,18,23H,10-14H2,(H2,22,24). The van der Waals surface area contributed by atoms with E-state index < -0.39 is 6.04 Å². The third-order valence-corrected chi connectivity index (χ3v) is 5.22. The Bertz CT molecular complexity index is 697. The zero-order valence-corrected chi connectivity index (χ0v) is 14.8. The quantitative estimate of drug-likeness (QED) is 0.833. The molecule has 1 saturated heterocycles. The molecule has 0 aliphatic carbocycles. The Hall–Kier alpha value is -1.88. The highest BCUT2D eigenvalue weighted by Gasteiger charge is 2.35. The maximum Gasteiger partial charge on any atom is 0.239 e. The number of hydrogen-bond donors (Lipinski definition) is 2. The molecule has 1 aliphatic heterocycles. The van der Waals surface area contributed by atoms with E-state index in [0.717, 1.165) is 23.4 Å². The Morgan fingerprint density at radius 2 is 1.76 bits per heavy atom. The van der Waals surface area contributed by atoms with Crippen LogP contribution in [0.25, 0.3) is 0 Å². The number of carbonyl (C=O) groups is 1. The number of hydrogen-bond acceptors (Lipinski definition) is 3. The first-order chi connectivity index (χ1) is 12.1. The smallest absolute Gasteiger partial charge is 0.239 e. The van der Waals surface area contributed by atoms with E-state index in [2.05, 4.69) is 17.4 Å². The van der Waals surface area contributed by atoms with E-state index in [1.165, 1.54) is 5.56 Å². The van der Waals surface area contributed by atoms with Gasteiger partial charge in [-0.2, -0.15) is 0 Å². The average molecular weight is 359 g/mol. The third kappa shape index (κ3) is 4.21. The molecule has 0 bridgehead atoms. The van der Waals surface area contributed by atoms with Gasteiger partial charge >= 0.3 is 0 Å². The molecular weight excluding hydrogens is 336 g/mol. The highest BCUT2D eigenvalue weighted by molar-refractivity contribution is 6.30. The number of rotatable bonds is 6. The van der Waals surface area contributed by atoms with Crippen molar-refractivity contribution in [3.63, 3.8) is 0 Å². The van der Waals surface area contributed by atoms with E-state index in [1.807, 2.05) is 42.5 Å². The zero-order valence-electron chi connectivity index (χ0n) is 14.1. The van der Waals surface area contributed by atoms with Crippen LogP contribution in [0.4, 0.5) is 0 Å². The summed E-state index contributed by atoms with van der Waals surface area (Å²) in [7, 11) is 0. The largest absolute Gasteiger partial charge is 0.381 e. The van der Waals surface area contributed by atoms with E-state index in [0.29, 0.717) is 19.8 Å². The van der Waals surface area contributed by atoms with Crippen molar-refractivity contribution in [3.05, 3.63) is 70.7 Å². The summed E-state index contributed by atoms with van der Waals surface area (Å²) in [4.78, 5) is 12.0. The molecule has 5 heteroatoms. The van der Waals surface area contributed by atoms with Crippen LogP contribution in [0.2, 0.25) is 5.02 Å². The van der Waals surface area contributed by atoms with Crippen molar-refractivity contribution in [1.29, 1.82) is 0 Å². The van der Waals surface area contributed by atoms with Gasteiger partial charge in [0.25, 0.3) is 0 Å². The molecule has 3 N–H and O–H groups in total. The number of halogens is 1. The molecule has 25 heavy (non-hydrogen) atoms. The summed E-state index contributed by atoms with van der Waals surface area (Å²) in [5.41, 5.74) is 7.65. The molecule has 1 unspecified atom stereocenters. The van der Waals surface area contributed by atoms with Crippen LogP contribution in [-0.4, -0.2) is 25.7 Å². The predicted octanol–water partition coefficient (Wildman–Crippen LogP) is 3.20. The number of nitrogens with two attached hydrogens (primary N) is 1. The van der Waals surface area contributed by atoms with E-state index in [4.69, 9.17) is 22.1 Å². The maximum absolute atomic E-state index is 12.0. The Labute approximate surface area is 153 Å². The molecule has 1 atom stereocenters. The fraction of sp³-hybridized carbons (Fsp3) is 0.350. The number of nitrogens with one attached hydrogen (secondary N) is 1. The van der Waals surface area contributed by atoms with Crippen LogP contribution < -0.4 is 11.1 Å². The molecule has 1 heterocycles. The van der Waals surface area contributed by atoms with Crippen molar-refractivity contribution in [2.24, 2.45) is 5.73 Å². The summed E-state index contributed by atoms with van der Waals surface area (Å²) >= 11 is 6.04. The topological polar surface area (TPSA) is 64.4 Å². The number of carbonyl (C=O) groups excluding carboxylic acids is 1. The van der Waals surface area contributed by atoms with Crippen LogP contribution in [0.5, 0.6) is 0 Å². The Kier molecular flexibility index (Phi) is 5.74. The van der Waals surface area contributed by atoms with Gasteiger partial charge in [-0.15, -0.1) is 0 Å². The van der Waals surface area contributed by atoms with E-state index >= 15 is 0 Å². The van der Waals surface area contributed by atoms with Crippen LogP contribution in [-0.2, 0) is 14.9 Å². The van der Waals surface area contributed by atoms with Gasteiger partial charge in [0, 0.05) is 30.2 Å². The summed E-state index contributed by atoms with van der Waals surface area (Å²) in [6.07, 6.45) is 1.78. The molecule has 4 nitrogen and oxygen atoms in total. The molecule has 3 rings (SSSR count). The molecule has 2 aromatic carbocycles. The molecule has 0 saturated carbocycles. The Morgan fingerprint density at radius 3 is 2.36 bits per heavy atom. The van der Waals surface area contributed by atoms with Crippen LogP contribution in [0.1, 0.15) is 30.0 Å². The van der Waals surface area contributed by atoms with Gasteiger partial charge in [-0.25, -0.2) is 0 Å². The highest BCUT2D eigenvalue weighted by atomic mass is 35.5. The van der Waals surface area contributed by atoms with Gasteiger partial charge in [-0.05, 0) is 36.1 Å². The van der Waals surface area contributed by atoms with E-state index in [1.54, 1.807) is 0 Å². The molecule has 2 aromatic rings. The van der Waals surface area contributed by atoms with Crippen molar-refractivity contribution in [2.75, 3.05) is 19.8 Å². The molecule has 0 radical (unpaired) electrons. The van der Waals surface area contributed by atoms with E-state index in [9.17, 15) is 4.79 Å². The van der Waals surface area contributed by atoms with Gasteiger partial charge < -0.3 is 15.8 Å². The lowest BCUT2D eigenvalue weighted by Crippen LogP contribution is -2.46. The minimum absolute atomic E-state index is 0.0919. The van der Waals surface area contributed by atoms with Crippen LogP contribution >= 0.6 is 11.6 Å². The predicted molar refractivity (Wildman–Crippen MR) is 99.6 cm³/mol. The monoisotopic (exact) mass is 358 g/mol. The second-order valence-electron chi connectivity index (χ2n) is 6.53. The summed E-state index contributed by atoms with van der Waals surface area (Å²) < 4.78 is 5.56. The van der Waals surface area contributed by atoms with E-state index in [-0.39, 0.29) is 11.3 Å². The van der Waals surface area contributed by atoms with Gasteiger partial charge in [0.15, 0.2) is 0 Å². The molecule has 1 aliphatic rings. The van der Waals surface area contributed by atoms with Gasteiger partial charge in [0.2, 0.25) is 5.91 Å². The van der Waals surface area contributed by atoms with Crippen molar-refractivity contribution in [2.45, 2.75) is 24.3 Å². The van der Waals surface area contributed by atoms with Gasteiger partial charge in [-0.3, -0.25) is 4.79 Å². The average Bonchev–Trinajstić information content (AvgIpc) is 2.64. The first-order valence-electron chi connectivity index (χ1n) is 8.52. The summed E-state index contributed by atoms with van der Waals surface area (Å²) in [6, 6.07) is 17.0. The lowest BCUT2D eigenvalue weighted by Gasteiger charge is -2.39. The molecule has 1 amide bonds. The zero-order chi connectivity index (χ0) is 17.7. The van der Waals surface area contributed by atoms with Crippen molar-refractivity contribution in [1.82, 2.24) is 5.32 Å². The summed E-state index contributed by atoms with van der Waals surface area (Å²) in [5.74, 6) is -0.371. The fourth-order valence-corrected chi connectivity index (χ4v) is 3.58. The highest BCUT2D eigenvalue weighted by Crippen LogP contribution is 2.35. The molecule has 0 aromatic heterocycles. The third-order valence-electron chi connectivity index (χ3n) is 4.97. The lowest BCUT2D eigenvalue weighted by molar-refractivity contribution is -0.120. The number of amides is 1. The van der Waals surface area contributed by atoms with Gasteiger partial charge in [-0.1, -0.05) is 54.1 Å². The minimum Gasteiger partial charge on any atom is -0.381 e. The van der Waals surface area contributed by atoms with Crippen LogP contribution in [0.15, 0.2) is 54.6 Å². The Balaban J connectivity index is 1.82.